The van der Waals surface area contributed by atoms with Crippen molar-refractivity contribution in [1.82, 2.24) is 9.55 Å². The lowest BCUT2D eigenvalue weighted by atomic mass is 10.2. The topological polar surface area (TPSA) is 77.1 Å². The van der Waals surface area contributed by atoms with Gasteiger partial charge in [0.1, 0.15) is 0 Å². The zero-order chi connectivity index (χ0) is 13.8. The molecule has 0 fully saturated rings. The molecule has 0 aliphatic rings. The molecule has 2 rings (SSSR count). The summed E-state index contributed by atoms with van der Waals surface area (Å²) in [6.07, 6.45) is 1.70. The molecule has 0 saturated carbocycles. The van der Waals surface area contributed by atoms with E-state index < -0.39 is 0 Å². The van der Waals surface area contributed by atoms with Crippen LogP contribution in [-0.2, 0) is 6.54 Å². The maximum atomic E-state index is 12.2. The number of aromatic nitrogens is 2. The summed E-state index contributed by atoms with van der Waals surface area (Å²) in [6, 6.07) is 5.26. The van der Waals surface area contributed by atoms with Gasteiger partial charge in [-0.05, 0) is 6.07 Å². The Morgan fingerprint density at radius 1 is 1.32 bits per heavy atom. The molecule has 0 unspecified atom stereocenters. The van der Waals surface area contributed by atoms with Crippen LogP contribution < -0.4 is 15.0 Å². The standard InChI is InChI=1S/C13H13N3O3/c1-18-11-6-9-10(7-12(11)19-2)15-8-16(13(9)17)5-3-4-14/h6-8H,3,5H2,1-2H3. The number of nitriles is 1. The number of ether oxygens (including phenoxy) is 2. The minimum absolute atomic E-state index is 0.193. The van der Waals surface area contributed by atoms with Crippen LogP contribution in [0.3, 0.4) is 0 Å². The number of hydrogen-bond donors (Lipinski definition) is 0. The second-order valence-electron chi connectivity index (χ2n) is 3.88. The number of aryl methyl sites for hydroxylation is 1. The molecule has 1 aromatic carbocycles. The monoisotopic (exact) mass is 259 g/mol. The van der Waals surface area contributed by atoms with Crippen LogP contribution >= 0.6 is 0 Å². The Hall–Kier alpha value is -2.55. The Labute approximate surface area is 109 Å². The highest BCUT2D eigenvalue weighted by Gasteiger charge is 2.10. The highest BCUT2D eigenvalue weighted by atomic mass is 16.5. The number of benzene rings is 1. The highest BCUT2D eigenvalue weighted by Crippen LogP contribution is 2.29. The van der Waals surface area contributed by atoms with E-state index in [0.717, 1.165) is 0 Å². The predicted octanol–water partition coefficient (Wildman–Crippen LogP) is 1.33. The molecule has 0 aliphatic carbocycles. The number of fused-ring (bicyclic) bond motifs is 1. The molecule has 1 aromatic heterocycles. The molecule has 19 heavy (non-hydrogen) atoms. The number of nitrogens with zero attached hydrogens (tertiary/aromatic N) is 3. The summed E-state index contributed by atoms with van der Waals surface area (Å²) >= 11 is 0. The molecular formula is C13H13N3O3. The van der Waals surface area contributed by atoms with Gasteiger partial charge >= 0.3 is 0 Å². The van der Waals surface area contributed by atoms with Crippen LogP contribution in [0.25, 0.3) is 10.9 Å². The van der Waals surface area contributed by atoms with Crippen LogP contribution in [0, 0.1) is 11.3 Å². The zero-order valence-corrected chi connectivity index (χ0v) is 10.7. The Morgan fingerprint density at radius 2 is 2.00 bits per heavy atom. The van der Waals surface area contributed by atoms with Crippen LogP contribution in [0.4, 0.5) is 0 Å². The van der Waals surface area contributed by atoms with Gasteiger partial charge in [-0.15, -0.1) is 0 Å². The van der Waals surface area contributed by atoms with Gasteiger partial charge in [0, 0.05) is 12.6 Å². The molecule has 0 spiro atoms. The van der Waals surface area contributed by atoms with Crippen molar-refractivity contribution in [3.8, 4) is 17.6 Å². The van der Waals surface area contributed by atoms with E-state index >= 15 is 0 Å². The molecular weight excluding hydrogens is 246 g/mol. The second-order valence-corrected chi connectivity index (χ2v) is 3.88. The Balaban J connectivity index is 2.62. The van der Waals surface area contributed by atoms with Crippen molar-refractivity contribution >= 4 is 10.9 Å². The van der Waals surface area contributed by atoms with Crippen LogP contribution in [0.15, 0.2) is 23.3 Å². The first-order valence-electron chi connectivity index (χ1n) is 5.69. The summed E-state index contributed by atoms with van der Waals surface area (Å²) < 4.78 is 11.7. The van der Waals surface area contributed by atoms with Crippen molar-refractivity contribution in [3.05, 3.63) is 28.8 Å². The third-order valence-corrected chi connectivity index (χ3v) is 2.79. The van der Waals surface area contributed by atoms with Gasteiger partial charge in [0.2, 0.25) is 0 Å². The SMILES string of the molecule is COc1cc2ncn(CCC#N)c(=O)c2cc1OC. The highest BCUT2D eigenvalue weighted by molar-refractivity contribution is 5.81. The molecule has 0 saturated heterocycles. The average molecular weight is 259 g/mol. The van der Waals surface area contributed by atoms with Crippen LogP contribution in [0.1, 0.15) is 6.42 Å². The van der Waals surface area contributed by atoms with Gasteiger partial charge in [-0.3, -0.25) is 9.36 Å². The van der Waals surface area contributed by atoms with Gasteiger partial charge in [0.25, 0.3) is 5.56 Å². The van der Waals surface area contributed by atoms with Crippen molar-refractivity contribution in [2.45, 2.75) is 13.0 Å². The molecule has 0 bridgehead atoms. The van der Waals surface area contributed by atoms with Crippen LogP contribution in [0.2, 0.25) is 0 Å². The molecule has 6 heteroatoms. The Morgan fingerprint density at radius 3 is 2.63 bits per heavy atom. The van der Waals surface area contributed by atoms with Crippen LogP contribution in [0.5, 0.6) is 11.5 Å². The van der Waals surface area contributed by atoms with Gasteiger partial charge in [0.15, 0.2) is 11.5 Å². The van der Waals surface area contributed by atoms with E-state index in [-0.39, 0.29) is 12.0 Å². The molecule has 6 nitrogen and oxygen atoms in total. The maximum absolute atomic E-state index is 12.2. The number of hydrogen-bond acceptors (Lipinski definition) is 5. The van der Waals surface area contributed by atoms with Crippen molar-refractivity contribution < 1.29 is 9.47 Å². The summed E-state index contributed by atoms with van der Waals surface area (Å²) in [5.41, 5.74) is 0.345. The third-order valence-electron chi connectivity index (χ3n) is 2.79. The van der Waals surface area contributed by atoms with E-state index in [1.165, 1.54) is 25.1 Å². The summed E-state index contributed by atoms with van der Waals surface area (Å²) in [5.74, 6) is 1.00. The maximum Gasteiger partial charge on any atom is 0.261 e. The van der Waals surface area contributed by atoms with Crippen molar-refractivity contribution in [2.24, 2.45) is 0 Å². The van der Waals surface area contributed by atoms with Gasteiger partial charge in [0.05, 0.1) is 43.9 Å². The smallest absolute Gasteiger partial charge is 0.261 e. The normalized spacial score (nSPS) is 10.2. The van der Waals surface area contributed by atoms with Gasteiger partial charge < -0.3 is 9.47 Å². The molecule has 98 valence electrons. The zero-order valence-electron chi connectivity index (χ0n) is 10.7. The number of rotatable bonds is 4. The number of methoxy groups -OCH3 is 2. The molecule has 0 N–H and O–H groups in total. The van der Waals surface area contributed by atoms with E-state index in [1.54, 1.807) is 12.1 Å². The largest absolute Gasteiger partial charge is 0.493 e. The molecule has 2 aromatic rings. The van der Waals surface area contributed by atoms with E-state index in [4.69, 9.17) is 14.7 Å². The van der Waals surface area contributed by atoms with E-state index in [1.807, 2.05) is 6.07 Å². The predicted molar refractivity (Wildman–Crippen MR) is 69.3 cm³/mol. The van der Waals surface area contributed by atoms with Crippen molar-refractivity contribution in [2.75, 3.05) is 14.2 Å². The lowest BCUT2D eigenvalue weighted by Crippen LogP contribution is -2.20. The molecule has 0 atom stereocenters. The van der Waals surface area contributed by atoms with Gasteiger partial charge in [-0.2, -0.15) is 5.26 Å². The average Bonchev–Trinajstić information content (AvgIpc) is 2.45. The fraction of sp³-hybridized carbons (Fsp3) is 0.308. The van der Waals surface area contributed by atoms with Gasteiger partial charge in [-0.25, -0.2) is 4.98 Å². The van der Waals surface area contributed by atoms with Crippen molar-refractivity contribution in [1.29, 1.82) is 5.26 Å². The second kappa shape index (κ2) is 5.40. The Kier molecular flexibility index (Phi) is 3.66. The first-order valence-corrected chi connectivity index (χ1v) is 5.69. The third kappa shape index (κ3) is 2.36. The fourth-order valence-electron chi connectivity index (χ4n) is 1.82. The van der Waals surface area contributed by atoms with E-state index in [9.17, 15) is 4.79 Å². The lowest BCUT2D eigenvalue weighted by molar-refractivity contribution is 0.355. The van der Waals surface area contributed by atoms with E-state index in [2.05, 4.69) is 4.98 Å². The minimum atomic E-state index is -0.193. The molecule has 0 amide bonds. The van der Waals surface area contributed by atoms with E-state index in [0.29, 0.717) is 28.9 Å². The Bertz CT molecular complexity index is 701. The summed E-state index contributed by atoms with van der Waals surface area (Å²) in [6.45, 7) is 0.326. The summed E-state index contributed by atoms with van der Waals surface area (Å²) in [7, 11) is 3.03. The van der Waals surface area contributed by atoms with Gasteiger partial charge in [-0.1, -0.05) is 0 Å². The summed E-state index contributed by atoms with van der Waals surface area (Å²) in [4.78, 5) is 16.4. The minimum Gasteiger partial charge on any atom is -0.493 e. The van der Waals surface area contributed by atoms with Crippen molar-refractivity contribution in [3.63, 3.8) is 0 Å². The fourth-order valence-corrected chi connectivity index (χ4v) is 1.82. The molecule has 0 radical (unpaired) electrons. The van der Waals surface area contributed by atoms with Crippen LogP contribution in [-0.4, -0.2) is 23.8 Å². The summed E-state index contributed by atoms with van der Waals surface area (Å²) in [5, 5.41) is 9.00. The molecule has 1 heterocycles. The molecule has 0 aliphatic heterocycles. The first kappa shape index (κ1) is 12.9. The first-order chi connectivity index (χ1) is 9.21. The quantitative estimate of drug-likeness (QED) is 0.827. The lowest BCUT2D eigenvalue weighted by Gasteiger charge is -2.09.